The van der Waals surface area contributed by atoms with Crippen LogP contribution in [0, 0.1) is 0 Å². The van der Waals surface area contributed by atoms with Crippen molar-refractivity contribution in [1.29, 1.82) is 0 Å². The van der Waals surface area contributed by atoms with Gasteiger partial charge < -0.3 is 21.1 Å². The minimum absolute atomic E-state index is 0.0467. The highest BCUT2D eigenvalue weighted by molar-refractivity contribution is 5.76. The maximum atomic E-state index is 11.5. The van der Waals surface area contributed by atoms with Gasteiger partial charge in [-0.25, -0.2) is 0 Å². The molecular weight excluding hydrogens is 254 g/mol. The van der Waals surface area contributed by atoms with Crippen LogP contribution in [0.2, 0.25) is 0 Å². The maximum absolute atomic E-state index is 11.5. The monoisotopic (exact) mass is 279 g/mol. The number of amides is 1. The average Bonchev–Trinajstić information content (AvgIpc) is 2.38. The Morgan fingerprint density at radius 1 is 1.40 bits per heavy atom. The molecular formula is C15H25N3O2. The molecule has 0 saturated carbocycles. The second-order valence-electron chi connectivity index (χ2n) is 5.00. The van der Waals surface area contributed by atoms with Crippen LogP contribution in [0.15, 0.2) is 18.2 Å². The fourth-order valence-corrected chi connectivity index (χ4v) is 1.70. The number of benzene rings is 1. The Labute approximate surface area is 120 Å². The number of anilines is 2. The third kappa shape index (κ3) is 5.82. The van der Waals surface area contributed by atoms with E-state index >= 15 is 0 Å². The molecule has 1 rings (SSSR count). The van der Waals surface area contributed by atoms with Crippen LogP contribution in [-0.4, -0.2) is 25.1 Å². The second-order valence-corrected chi connectivity index (χ2v) is 5.00. The minimum Gasteiger partial charge on any atom is -0.491 e. The Bertz CT molecular complexity index is 433. The molecule has 1 amide bonds. The highest BCUT2D eigenvalue weighted by Crippen LogP contribution is 2.25. The lowest BCUT2D eigenvalue weighted by atomic mass is 10.2. The molecule has 0 fully saturated rings. The maximum Gasteiger partial charge on any atom is 0.221 e. The van der Waals surface area contributed by atoms with E-state index in [1.54, 1.807) is 0 Å². The number of hydrogen-bond donors (Lipinski definition) is 3. The Balaban J connectivity index is 2.45. The normalized spacial score (nSPS) is 10.4. The van der Waals surface area contributed by atoms with E-state index in [0.717, 1.165) is 12.1 Å². The van der Waals surface area contributed by atoms with Crippen molar-refractivity contribution in [3.8, 4) is 5.75 Å². The first kappa shape index (κ1) is 16.1. The molecule has 0 aliphatic rings. The largest absolute Gasteiger partial charge is 0.491 e. The first-order chi connectivity index (χ1) is 9.52. The van der Waals surface area contributed by atoms with Crippen molar-refractivity contribution in [1.82, 2.24) is 5.32 Å². The third-order valence-corrected chi connectivity index (χ3v) is 2.61. The molecule has 0 atom stereocenters. The molecule has 1 aromatic carbocycles. The number of nitrogens with two attached hydrogens (primary N) is 1. The number of carbonyl (C=O) groups excluding carboxylic acids is 1. The van der Waals surface area contributed by atoms with E-state index in [2.05, 4.69) is 10.6 Å². The van der Waals surface area contributed by atoms with E-state index in [4.69, 9.17) is 10.5 Å². The van der Waals surface area contributed by atoms with Crippen LogP contribution in [0.1, 0.15) is 33.6 Å². The topological polar surface area (TPSA) is 76.4 Å². The van der Waals surface area contributed by atoms with Crippen LogP contribution in [0.5, 0.6) is 5.75 Å². The Morgan fingerprint density at radius 2 is 2.15 bits per heavy atom. The Kier molecular flexibility index (Phi) is 6.70. The molecule has 0 aliphatic carbocycles. The molecule has 0 heterocycles. The summed E-state index contributed by atoms with van der Waals surface area (Å²) < 4.78 is 5.56. The predicted molar refractivity (Wildman–Crippen MR) is 83.0 cm³/mol. The first-order valence-corrected chi connectivity index (χ1v) is 7.08. The van der Waals surface area contributed by atoms with Gasteiger partial charge >= 0.3 is 0 Å². The molecule has 0 aliphatic heterocycles. The molecule has 112 valence electrons. The summed E-state index contributed by atoms with van der Waals surface area (Å²) in [5, 5.41) is 6.05. The van der Waals surface area contributed by atoms with Crippen molar-refractivity contribution in [2.24, 2.45) is 0 Å². The van der Waals surface area contributed by atoms with E-state index in [9.17, 15) is 4.79 Å². The third-order valence-electron chi connectivity index (χ3n) is 2.61. The van der Waals surface area contributed by atoms with Crippen LogP contribution in [0.25, 0.3) is 0 Å². The highest BCUT2D eigenvalue weighted by atomic mass is 16.5. The fraction of sp³-hybridized carbons (Fsp3) is 0.533. The molecule has 20 heavy (non-hydrogen) atoms. The van der Waals surface area contributed by atoms with Gasteiger partial charge in [0.05, 0.1) is 12.3 Å². The van der Waals surface area contributed by atoms with Crippen molar-refractivity contribution < 1.29 is 9.53 Å². The quantitative estimate of drug-likeness (QED) is 0.639. The number of carbonyl (C=O) groups is 1. The SMILES string of the molecule is CCCOc1cc(NCCC(=O)NC(C)C)ccc1N. The lowest BCUT2D eigenvalue weighted by molar-refractivity contribution is -0.121. The Morgan fingerprint density at radius 3 is 2.80 bits per heavy atom. The van der Waals surface area contributed by atoms with E-state index in [1.165, 1.54) is 0 Å². The number of rotatable bonds is 8. The molecule has 0 bridgehead atoms. The summed E-state index contributed by atoms with van der Waals surface area (Å²) in [6.45, 7) is 7.16. The lowest BCUT2D eigenvalue weighted by Gasteiger charge is -2.12. The van der Waals surface area contributed by atoms with Crippen LogP contribution in [-0.2, 0) is 4.79 Å². The smallest absolute Gasteiger partial charge is 0.221 e. The standard InChI is InChI=1S/C15H25N3O2/c1-4-9-20-14-10-12(5-6-13(14)16)17-8-7-15(19)18-11(2)3/h5-6,10-11,17H,4,7-9,16H2,1-3H3,(H,18,19). The van der Waals surface area contributed by atoms with E-state index < -0.39 is 0 Å². The zero-order valence-corrected chi connectivity index (χ0v) is 12.5. The summed E-state index contributed by atoms with van der Waals surface area (Å²) in [7, 11) is 0. The summed E-state index contributed by atoms with van der Waals surface area (Å²) in [6.07, 6.45) is 1.38. The number of hydrogen-bond acceptors (Lipinski definition) is 4. The zero-order chi connectivity index (χ0) is 15.0. The van der Waals surface area contributed by atoms with Gasteiger partial charge in [-0.3, -0.25) is 4.79 Å². The summed E-state index contributed by atoms with van der Waals surface area (Å²) in [4.78, 5) is 11.5. The Hall–Kier alpha value is -1.91. The molecule has 4 N–H and O–H groups in total. The lowest BCUT2D eigenvalue weighted by Crippen LogP contribution is -2.31. The molecule has 5 nitrogen and oxygen atoms in total. The van der Waals surface area contributed by atoms with Crippen molar-refractivity contribution in [3.05, 3.63) is 18.2 Å². The number of ether oxygens (including phenoxy) is 1. The van der Waals surface area contributed by atoms with Gasteiger partial charge in [0.2, 0.25) is 5.91 Å². The molecule has 0 saturated heterocycles. The molecule has 1 aromatic rings. The van der Waals surface area contributed by atoms with Gasteiger partial charge in [-0.1, -0.05) is 6.92 Å². The van der Waals surface area contributed by atoms with E-state index in [0.29, 0.717) is 31.0 Å². The van der Waals surface area contributed by atoms with Gasteiger partial charge in [-0.05, 0) is 32.4 Å². The van der Waals surface area contributed by atoms with Gasteiger partial charge in [-0.2, -0.15) is 0 Å². The van der Waals surface area contributed by atoms with Crippen LogP contribution >= 0.6 is 0 Å². The number of nitrogens with one attached hydrogen (secondary N) is 2. The minimum atomic E-state index is 0.0467. The average molecular weight is 279 g/mol. The molecule has 0 spiro atoms. The van der Waals surface area contributed by atoms with Crippen LogP contribution in [0.4, 0.5) is 11.4 Å². The molecule has 0 radical (unpaired) electrons. The summed E-state index contributed by atoms with van der Waals surface area (Å²) in [5.74, 6) is 0.730. The highest BCUT2D eigenvalue weighted by Gasteiger charge is 2.04. The van der Waals surface area contributed by atoms with Gasteiger partial charge in [0.1, 0.15) is 5.75 Å². The summed E-state index contributed by atoms with van der Waals surface area (Å²) in [5.41, 5.74) is 7.38. The van der Waals surface area contributed by atoms with E-state index in [-0.39, 0.29) is 11.9 Å². The number of nitrogen functional groups attached to an aromatic ring is 1. The van der Waals surface area contributed by atoms with Gasteiger partial charge in [0.25, 0.3) is 0 Å². The van der Waals surface area contributed by atoms with Crippen molar-refractivity contribution >= 4 is 17.3 Å². The van der Waals surface area contributed by atoms with Crippen LogP contribution in [0.3, 0.4) is 0 Å². The van der Waals surface area contributed by atoms with Gasteiger partial charge in [0, 0.05) is 30.8 Å². The predicted octanol–water partition coefficient (Wildman–Crippen LogP) is 2.38. The summed E-state index contributed by atoms with van der Waals surface area (Å²) >= 11 is 0. The van der Waals surface area contributed by atoms with Gasteiger partial charge in [-0.15, -0.1) is 0 Å². The van der Waals surface area contributed by atoms with Gasteiger partial charge in [0.15, 0.2) is 0 Å². The van der Waals surface area contributed by atoms with Crippen LogP contribution < -0.4 is 21.1 Å². The van der Waals surface area contributed by atoms with Crippen molar-refractivity contribution in [3.63, 3.8) is 0 Å². The molecule has 0 unspecified atom stereocenters. The second kappa shape index (κ2) is 8.30. The summed E-state index contributed by atoms with van der Waals surface area (Å²) in [6, 6.07) is 5.73. The first-order valence-electron chi connectivity index (χ1n) is 7.08. The van der Waals surface area contributed by atoms with Crippen molar-refractivity contribution in [2.45, 2.75) is 39.7 Å². The fourth-order valence-electron chi connectivity index (χ4n) is 1.70. The molecule has 5 heteroatoms. The molecule has 0 aromatic heterocycles. The van der Waals surface area contributed by atoms with E-state index in [1.807, 2.05) is 39.0 Å². The van der Waals surface area contributed by atoms with Crippen molar-refractivity contribution in [2.75, 3.05) is 24.2 Å². The zero-order valence-electron chi connectivity index (χ0n) is 12.5.